The highest BCUT2D eigenvalue weighted by Crippen LogP contribution is 2.36. The van der Waals surface area contributed by atoms with Crippen LogP contribution in [0.4, 0.5) is 5.69 Å². The highest BCUT2D eigenvalue weighted by molar-refractivity contribution is 7.99. The van der Waals surface area contributed by atoms with Gasteiger partial charge in [0.05, 0.1) is 16.8 Å². The molecule has 180 valence electrons. The minimum atomic E-state index is -0.131. The van der Waals surface area contributed by atoms with Crippen LogP contribution in [0.1, 0.15) is 28.8 Å². The summed E-state index contributed by atoms with van der Waals surface area (Å²) < 4.78 is 1.72. The van der Waals surface area contributed by atoms with Crippen LogP contribution in [0, 0.1) is 6.92 Å². The highest BCUT2D eigenvalue weighted by atomic mass is 32.2. The summed E-state index contributed by atoms with van der Waals surface area (Å²) in [6.45, 7) is 2.01. The standard InChI is InChI=1S/C29H25N3O2S2/c1-18-13-15-20(16-14-18)30-25(33)17-35-29-31-27-26(22-10-4-5-12-24(22)36-27)28(34)32(29)23-11-6-8-19-7-2-3-9-21(19)23/h2-3,6-9,11,13-16H,4-5,10,12,17H2,1H3,(H,30,33). The van der Waals surface area contributed by atoms with Gasteiger partial charge in [0.2, 0.25) is 5.91 Å². The number of aromatic nitrogens is 2. The molecule has 3 aromatic carbocycles. The largest absolute Gasteiger partial charge is 0.325 e. The number of aryl methyl sites for hydroxylation is 3. The van der Waals surface area contributed by atoms with E-state index in [2.05, 4.69) is 5.32 Å². The first-order chi connectivity index (χ1) is 17.6. The molecule has 1 aliphatic rings. The van der Waals surface area contributed by atoms with Crippen LogP contribution in [0.3, 0.4) is 0 Å². The number of thioether (sulfide) groups is 1. The lowest BCUT2D eigenvalue weighted by Crippen LogP contribution is -2.23. The number of nitrogens with zero attached hydrogens (tertiary/aromatic N) is 2. The summed E-state index contributed by atoms with van der Waals surface area (Å²) in [5.41, 5.74) is 3.81. The number of nitrogens with one attached hydrogen (secondary N) is 1. The van der Waals surface area contributed by atoms with Gasteiger partial charge in [0.1, 0.15) is 4.83 Å². The topological polar surface area (TPSA) is 64.0 Å². The minimum Gasteiger partial charge on any atom is -0.325 e. The van der Waals surface area contributed by atoms with E-state index >= 15 is 0 Å². The number of rotatable bonds is 5. The van der Waals surface area contributed by atoms with Crippen LogP contribution in [0.25, 0.3) is 26.7 Å². The fraction of sp³-hybridized carbons (Fsp3) is 0.207. The summed E-state index contributed by atoms with van der Waals surface area (Å²) in [7, 11) is 0. The monoisotopic (exact) mass is 511 g/mol. The van der Waals surface area contributed by atoms with Crippen LogP contribution in [0.2, 0.25) is 0 Å². The molecular weight excluding hydrogens is 486 g/mol. The predicted octanol–water partition coefficient (Wildman–Crippen LogP) is 6.52. The van der Waals surface area contributed by atoms with Gasteiger partial charge in [-0.2, -0.15) is 0 Å². The number of carbonyl (C=O) groups excluding carboxylic acids is 1. The zero-order chi connectivity index (χ0) is 24.6. The van der Waals surface area contributed by atoms with Crippen molar-refractivity contribution in [3.63, 3.8) is 0 Å². The molecule has 0 saturated carbocycles. The second kappa shape index (κ2) is 9.56. The average molecular weight is 512 g/mol. The van der Waals surface area contributed by atoms with E-state index in [1.165, 1.54) is 22.2 Å². The van der Waals surface area contributed by atoms with Gasteiger partial charge in [-0.05, 0) is 61.8 Å². The van der Waals surface area contributed by atoms with Crippen molar-refractivity contribution in [2.75, 3.05) is 11.1 Å². The van der Waals surface area contributed by atoms with Crippen molar-refractivity contribution < 1.29 is 4.79 Å². The average Bonchev–Trinajstić information content (AvgIpc) is 3.27. The molecule has 2 aromatic heterocycles. The SMILES string of the molecule is Cc1ccc(NC(=O)CSc2nc3sc4c(c3c(=O)n2-c2cccc3ccccc23)CCCC4)cc1. The van der Waals surface area contributed by atoms with Crippen molar-refractivity contribution in [2.45, 2.75) is 37.8 Å². The highest BCUT2D eigenvalue weighted by Gasteiger charge is 2.24. The second-order valence-electron chi connectivity index (χ2n) is 9.13. The smallest absolute Gasteiger partial charge is 0.267 e. The lowest BCUT2D eigenvalue weighted by molar-refractivity contribution is -0.113. The third kappa shape index (κ3) is 4.22. The predicted molar refractivity (Wildman–Crippen MR) is 150 cm³/mol. The molecule has 1 amide bonds. The van der Waals surface area contributed by atoms with E-state index in [0.29, 0.717) is 5.16 Å². The molecule has 1 aliphatic carbocycles. The lowest BCUT2D eigenvalue weighted by atomic mass is 9.97. The molecule has 0 spiro atoms. The summed E-state index contributed by atoms with van der Waals surface area (Å²) in [5.74, 6) is 0.0231. The van der Waals surface area contributed by atoms with Crippen molar-refractivity contribution in [3.05, 3.63) is 93.1 Å². The number of amides is 1. The maximum atomic E-state index is 14.1. The van der Waals surface area contributed by atoms with Crippen molar-refractivity contribution in [3.8, 4) is 5.69 Å². The normalized spacial score (nSPS) is 13.1. The number of benzene rings is 3. The quantitative estimate of drug-likeness (QED) is 0.216. The molecule has 0 bridgehead atoms. The van der Waals surface area contributed by atoms with E-state index in [0.717, 1.165) is 63.6 Å². The number of anilines is 1. The van der Waals surface area contributed by atoms with E-state index in [4.69, 9.17) is 4.98 Å². The van der Waals surface area contributed by atoms with Crippen LogP contribution >= 0.6 is 23.1 Å². The summed E-state index contributed by atoms with van der Waals surface area (Å²) in [6.07, 6.45) is 4.18. The minimum absolute atomic E-state index is 0.0443. The zero-order valence-electron chi connectivity index (χ0n) is 19.9. The lowest BCUT2D eigenvalue weighted by Gasteiger charge is -2.15. The fourth-order valence-electron chi connectivity index (χ4n) is 4.86. The molecule has 6 rings (SSSR count). The van der Waals surface area contributed by atoms with E-state index in [1.54, 1.807) is 15.9 Å². The maximum Gasteiger partial charge on any atom is 0.267 e. The number of carbonyl (C=O) groups is 1. The summed E-state index contributed by atoms with van der Waals surface area (Å²) in [4.78, 5) is 33.9. The summed E-state index contributed by atoms with van der Waals surface area (Å²) in [5, 5.41) is 6.28. The molecule has 1 N–H and O–H groups in total. The van der Waals surface area contributed by atoms with E-state index < -0.39 is 0 Å². The van der Waals surface area contributed by atoms with Gasteiger partial charge >= 0.3 is 0 Å². The molecule has 0 atom stereocenters. The van der Waals surface area contributed by atoms with Gasteiger partial charge in [0, 0.05) is 16.0 Å². The van der Waals surface area contributed by atoms with Crippen molar-refractivity contribution in [2.24, 2.45) is 0 Å². The van der Waals surface area contributed by atoms with Gasteiger partial charge in [-0.1, -0.05) is 65.9 Å². The van der Waals surface area contributed by atoms with Gasteiger partial charge < -0.3 is 5.32 Å². The Morgan fingerprint density at radius 3 is 2.67 bits per heavy atom. The molecule has 5 aromatic rings. The van der Waals surface area contributed by atoms with Gasteiger partial charge in [0.15, 0.2) is 5.16 Å². The first-order valence-corrected chi connectivity index (χ1v) is 13.9. The number of thiophene rings is 1. The third-order valence-electron chi connectivity index (χ3n) is 6.63. The number of hydrogen-bond donors (Lipinski definition) is 1. The van der Waals surface area contributed by atoms with Gasteiger partial charge in [-0.25, -0.2) is 4.98 Å². The summed E-state index contributed by atoms with van der Waals surface area (Å²) >= 11 is 2.94. The number of hydrogen-bond acceptors (Lipinski definition) is 5. The van der Waals surface area contributed by atoms with Crippen LogP contribution in [-0.4, -0.2) is 21.2 Å². The Kier molecular flexibility index (Phi) is 6.11. The molecule has 0 aliphatic heterocycles. The second-order valence-corrected chi connectivity index (χ2v) is 11.2. The molecule has 36 heavy (non-hydrogen) atoms. The van der Waals surface area contributed by atoms with Crippen LogP contribution < -0.4 is 10.9 Å². The molecule has 0 unspecified atom stereocenters. The molecule has 2 heterocycles. The third-order valence-corrected chi connectivity index (χ3v) is 8.76. The Morgan fingerprint density at radius 2 is 1.81 bits per heavy atom. The Labute approximate surface area is 217 Å². The van der Waals surface area contributed by atoms with Gasteiger partial charge in [-0.15, -0.1) is 11.3 Å². The molecular formula is C29H25N3O2S2. The van der Waals surface area contributed by atoms with Crippen LogP contribution in [0.15, 0.2) is 76.7 Å². The fourth-order valence-corrected chi connectivity index (χ4v) is 6.97. The zero-order valence-corrected chi connectivity index (χ0v) is 21.5. The molecule has 5 nitrogen and oxygen atoms in total. The Bertz CT molecular complexity index is 1660. The molecule has 0 fully saturated rings. The summed E-state index contributed by atoms with van der Waals surface area (Å²) in [6, 6.07) is 21.8. The first-order valence-electron chi connectivity index (χ1n) is 12.1. The Morgan fingerprint density at radius 1 is 1.03 bits per heavy atom. The molecule has 0 saturated heterocycles. The van der Waals surface area contributed by atoms with Crippen LogP contribution in [-0.2, 0) is 17.6 Å². The van der Waals surface area contributed by atoms with Gasteiger partial charge in [-0.3, -0.25) is 14.2 Å². The van der Waals surface area contributed by atoms with Gasteiger partial charge in [0.25, 0.3) is 5.56 Å². The number of fused-ring (bicyclic) bond motifs is 4. The van der Waals surface area contributed by atoms with E-state index in [-0.39, 0.29) is 17.2 Å². The van der Waals surface area contributed by atoms with E-state index in [9.17, 15) is 9.59 Å². The van der Waals surface area contributed by atoms with Crippen molar-refractivity contribution in [1.82, 2.24) is 9.55 Å². The first kappa shape index (κ1) is 23.0. The maximum absolute atomic E-state index is 14.1. The Hall–Kier alpha value is -3.42. The Balaban J connectivity index is 1.45. The van der Waals surface area contributed by atoms with Crippen LogP contribution in [0.5, 0.6) is 0 Å². The van der Waals surface area contributed by atoms with Crippen molar-refractivity contribution >= 4 is 55.7 Å². The molecule has 7 heteroatoms. The van der Waals surface area contributed by atoms with Crippen molar-refractivity contribution in [1.29, 1.82) is 0 Å². The molecule has 0 radical (unpaired) electrons. The van der Waals surface area contributed by atoms with E-state index in [1.807, 2.05) is 73.7 Å².